The highest BCUT2D eigenvalue weighted by Crippen LogP contribution is 2.23. The molecule has 1 atom stereocenters. The monoisotopic (exact) mass is 390 g/mol. The molecule has 3 aromatic rings. The van der Waals surface area contributed by atoms with Gasteiger partial charge in [0.15, 0.2) is 16.3 Å². The van der Waals surface area contributed by atoms with Crippen molar-refractivity contribution < 1.29 is 10.2 Å². The third-order valence-corrected chi connectivity index (χ3v) is 5.51. The minimum Gasteiger partial charge on any atom is -0.394 e. The number of rotatable bonds is 6. The minimum absolute atomic E-state index is 0.224. The van der Waals surface area contributed by atoms with E-state index in [0.29, 0.717) is 22.9 Å². The number of aliphatic hydroxyl groups is 2. The number of hydrogen-bond acceptors (Lipinski definition) is 6. The summed E-state index contributed by atoms with van der Waals surface area (Å²) in [7, 11) is 3.01. The molecule has 0 fully saturated rings. The zero-order valence-corrected chi connectivity index (χ0v) is 16.2. The fourth-order valence-electron chi connectivity index (χ4n) is 2.78. The van der Waals surface area contributed by atoms with E-state index >= 15 is 0 Å². The summed E-state index contributed by atoms with van der Waals surface area (Å²) < 4.78 is 4.16. The third kappa shape index (κ3) is 3.71. The van der Waals surface area contributed by atoms with Crippen molar-refractivity contribution in [2.45, 2.75) is 24.7 Å². The Bertz CT molecular complexity index is 1080. The Morgan fingerprint density at radius 2 is 1.81 bits per heavy atom. The van der Waals surface area contributed by atoms with Crippen LogP contribution in [0.2, 0.25) is 0 Å². The molecular weight excluding hydrogens is 368 g/mol. The van der Waals surface area contributed by atoms with Gasteiger partial charge in [-0.05, 0) is 12.5 Å². The van der Waals surface area contributed by atoms with Crippen LogP contribution in [0, 0.1) is 6.92 Å². The second-order valence-electron chi connectivity index (χ2n) is 6.49. The lowest BCUT2D eigenvalue weighted by atomic mass is 10.1. The van der Waals surface area contributed by atoms with E-state index in [2.05, 4.69) is 4.98 Å². The lowest BCUT2D eigenvalue weighted by Crippen LogP contribution is -2.37. The van der Waals surface area contributed by atoms with Crippen molar-refractivity contribution in [3.05, 3.63) is 56.2 Å². The molecule has 2 heterocycles. The highest BCUT2D eigenvalue weighted by atomic mass is 32.2. The van der Waals surface area contributed by atoms with Crippen LogP contribution in [0.25, 0.3) is 11.2 Å². The van der Waals surface area contributed by atoms with Gasteiger partial charge in [-0.25, -0.2) is 9.78 Å². The number of benzene rings is 1. The average molecular weight is 390 g/mol. The number of hydrogen-bond donors (Lipinski definition) is 2. The predicted molar refractivity (Wildman–Crippen MR) is 104 cm³/mol. The molecule has 3 rings (SSSR count). The predicted octanol–water partition coefficient (Wildman–Crippen LogP) is 0.236. The van der Waals surface area contributed by atoms with Gasteiger partial charge >= 0.3 is 5.69 Å². The summed E-state index contributed by atoms with van der Waals surface area (Å²) >= 11 is 1.24. The van der Waals surface area contributed by atoms with Gasteiger partial charge in [-0.3, -0.25) is 13.9 Å². The van der Waals surface area contributed by atoms with E-state index in [-0.39, 0.29) is 12.4 Å². The van der Waals surface area contributed by atoms with Crippen LogP contribution in [0.3, 0.4) is 0 Å². The van der Waals surface area contributed by atoms with Crippen LogP contribution >= 0.6 is 11.8 Å². The normalized spacial score (nSPS) is 12.6. The molecule has 144 valence electrons. The summed E-state index contributed by atoms with van der Waals surface area (Å²) in [5.74, 6) is 0.224. The largest absolute Gasteiger partial charge is 0.394 e. The Morgan fingerprint density at radius 1 is 1.15 bits per heavy atom. The molecule has 0 aliphatic rings. The van der Waals surface area contributed by atoms with E-state index < -0.39 is 17.4 Å². The minimum atomic E-state index is -0.894. The van der Waals surface area contributed by atoms with Crippen molar-refractivity contribution in [1.29, 1.82) is 0 Å². The van der Waals surface area contributed by atoms with Crippen molar-refractivity contribution in [3.63, 3.8) is 0 Å². The lowest BCUT2D eigenvalue weighted by Gasteiger charge is -2.11. The highest BCUT2D eigenvalue weighted by molar-refractivity contribution is 7.99. The summed E-state index contributed by atoms with van der Waals surface area (Å²) in [4.78, 5) is 29.5. The summed E-state index contributed by atoms with van der Waals surface area (Å²) in [6.07, 6.45) is -0.894. The number of thioether (sulfide) groups is 1. The fraction of sp³-hybridized carbons (Fsp3) is 0.389. The van der Waals surface area contributed by atoms with Crippen LogP contribution in [0.1, 0.15) is 11.1 Å². The number of aliphatic hydroxyl groups excluding tert-OH is 2. The first-order valence-corrected chi connectivity index (χ1v) is 9.45. The molecule has 0 aliphatic carbocycles. The van der Waals surface area contributed by atoms with Crippen LogP contribution in [-0.4, -0.2) is 47.4 Å². The van der Waals surface area contributed by atoms with Gasteiger partial charge in [-0.2, -0.15) is 0 Å². The maximum Gasteiger partial charge on any atom is 0.332 e. The Morgan fingerprint density at radius 3 is 2.44 bits per heavy atom. The molecule has 2 N–H and O–H groups in total. The average Bonchev–Trinajstić information content (AvgIpc) is 3.02. The second-order valence-corrected chi connectivity index (χ2v) is 7.48. The molecule has 0 amide bonds. The SMILES string of the molecule is Cc1ccc(Cn2c(SCC(O)CO)nc3c2c(=O)n(C)c(=O)n3C)cc1. The highest BCUT2D eigenvalue weighted by Gasteiger charge is 2.20. The van der Waals surface area contributed by atoms with Crippen LogP contribution < -0.4 is 11.2 Å². The molecular formula is C18H22N4O4S. The van der Waals surface area contributed by atoms with E-state index in [1.165, 1.54) is 23.4 Å². The zero-order valence-electron chi connectivity index (χ0n) is 15.4. The molecule has 1 unspecified atom stereocenters. The topological polar surface area (TPSA) is 102 Å². The second kappa shape index (κ2) is 7.71. The molecule has 0 spiro atoms. The van der Waals surface area contributed by atoms with Gasteiger partial charge in [0.2, 0.25) is 0 Å². The number of aromatic nitrogens is 4. The van der Waals surface area contributed by atoms with E-state index in [1.54, 1.807) is 11.6 Å². The Kier molecular flexibility index (Phi) is 5.54. The molecule has 2 aromatic heterocycles. The standard InChI is InChI=1S/C18H22N4O4S/c1-11-4-6-12(7-5-11)8-22-14-15(19-17(22)27-10-13(24)9-23)20(2)18(26)21(3)16(14)25/h4-7,13,23-24H,8-10H2,1-3H3. The molecule has 27 heavy (non-hydrogen) atoms. The van der Waals surface area contributed by atoms with Gasteiger partial charge in [0.25, 0.3) is 5.56 Å². The van der Waals surface area contributed by atoms with E-state index in [9.17, 15) is 14.7 Å². The number of aryl methyl sites for hydroxylation is 2. The maximum atomic E-state index is 12.8. The molecule has 0 saturated heterocycles. The van der Waals surface area contributed by atoms with Crippen LogP contribution in [0.5, 0.6) is 0 Å². The van der Waals surface area contributed by atoms with Gasteiger partial charge in [-0.15, -0.1) is 0 Å². The van der Waals surface area contributed by atoms with Crippen molar-refractivity contribution in [3.8, 4) is 0 Å². The molecule has 0 bridgehead atoms. The third-order valence-electron chi connectivity index (χ3n) is 4.39. The van der Waals surface area contributed by atoms with Crippen molar-refractivity contribution in [1.82, 2.24) is 18.7 Å². The quantitative estimate of drug-likeness (QED) is 0.585. The smallest absolute Gasteiger partial charge is 0.332 e. The molecule has 1 aromatic carbocycles. The fourth-order valence-corrected chi connectivity index (χ4v) is 3.69. The molecule has 8 nitrogen and oxygen atoms in total. The van der Waals surface area contributed by atoms with Crippen molar-refractivity contribution >= 4 is 22.9 Å². The van der Waals surface area contributed by atoms with E-state index in [0.717, 1.165) is 15.7 Å². The van der Waals surface area contributed by atoms with Gasteiger partial charge in [0.05, 0.1) is 19.3 Å². The summed E-state index contributed by atoms with van der Waals surface area (Å²) in [5, 5.41) is 19.2. The summed E-state index contributed by atoms with van der Waals surface area (Å²) in [6, 6.07) is 7.94. The molecule has 0 radical (unpaired) electrons. The maximum absolute atomic E-state index is 12.8. The van der Waals surface area contributed by atoms with E-state index in [4.69, 9.17) is 5.11 Å². The first-order valence-electron chi connectivity index (χ1n) is 8.47. The van der Waals surface area contributed by atoms with Crippen LogP contribution in [-0.2, 0) is 20.6 Å². The van der Waals surface area contributed by atoms with Gasteiger partial charge in [0.1, 0.15) is 0 Å². The Balaban J connectivity index is 2.18. The zero-order chi connectivity index (χ0) is 19.7. The van der Waals surface area contributed by atoms with Crippen molar-refractivity contribution in [2.24, 2.45) is 14.1 Å². The first-order chi connectivity index (χ1) is 12.8. The Hall–Kier alpha value is -2.36. The number of imidazole rings is 1. The van der Waals surface area contributed by atoms with Crippen molar-refractivity contribution in [2.75, 3.05) is 12.4 Å². The number of fused-ring (bicyclic) bond motifs is 1. The van der Waals surface area contributed by atoms with E-state index in [1.807, 2.05) is 31.2 Å². The van der Waals surface area contributed by atoms with Gasteiger partial charge in [0, 0.05) is 19.8 Å². The lowest BCUT2D eigenvalue weighted by molar-refractivity contribution is 0.113. The van der Waals surface area contributed by atoms with Gasteiger partial charge < -0.3 is 14.8 Å². The summed E-state index contributed by atoms with van der Waals surface area (Å²) in [5.41, 5.74) is 1.90. The number of nitrogens with zero attached hydrogens (tertiary/aromatic N) is 4. The van der Waals surface area contributed by atoms with Crippen LogP contribution in [0.4, 0.5) is 0 Å². The summed E-state index contributed by atoms with van der Waals surface area (Å²) in [6.45, 7) is 2.05. The molecule has 9 heteroatoms. The molecule has 0 saturated carbocycles. The van der Waals surface area contributed by atoms with Crippen LogP contribution in [0.15, 0.2) is 39.0 Å². The first kappa shape index (κ1) is 19.4. The Labute approximate surface area is 159 Å². The van der Waals surface area contributed by atoms with Gasteiger partial charge in [-0.1, -0.05) is 41.6 Å². The molecule has 0 aliphatic heterocycles.